The highest BCUT2D eigenvalue weighted by Crippen LogP contribution is 2.46. The van der Waals surface area contributed by atoms with Crippen molar-refractivity contribution in [1.29, 1.82) is 0 Å². The molecule has 1 aliphatic rings. The average molecular weight is 413 g/mol. The third kappa shape index (κ3) is 3.63. The Hall–Kier alpha value is -2.44. The molecule has 0 saturated carbocycles. The Kier molecular flexibility index (Phi) is 5.70. The maximum absolute atomic E-state index is 12.9. The van der Waals surface area contributed by atoms with E-state index in [1.165, 1.54) is 22.0 Å². The Labute approximate surface area is 173 Å². The van der Waals surface area contributed by atoms with E-state index in [-0.39, 0.29) is 16.1 Å². The van der Waals surface area contributed by atoms with Gasteiger partial charge in [0.2, 0.25) is 10.0 Å². The van der Waals surface area contributed by atoms with Crippen LogP contribution >= 0.6 is 0 Å². The number of carbonyl (C=O) groups is 1. The molecule has 2 aromatic rings. The van der Waals surface area contributed by atoms with Gasteiger partial charge in [0.05, 0.1) is 4.90 Å². The Morgan fingerprint density at radius 2 is 1.62 bits per heavy atom. The summed E-state index contributed by atoms with van der Waals surface area (Å²) >= 11 is 0. The topological polar surface area (TPSA) is 57.7 Å². The molecule has 0 aromatic heterocycles. The Balaban J connectivity index is 1.91. The summed E-state index contributed by atoms with van der Waals surface area (Å²) in [4.78, 5) is 15.2. The van der Waals surface area contributed by atoms with Gasteiger partial charge in [0.1, 0.15) is 0 Å². The second-order valence-electron chi connectivity index (χ2n) is 7.71. The first-order valence-corrected chi connectivity index (χ1v) is 11.3. The van der Waals surface area contributed by atoms with Gasteiger partial charge in [-0.05, 0) is 35.9 Å². The zero-order valence-corrected chi connectivity index (χ0v) is 18.5. The predicted molar refractivity (Wildman–Crippen MR) is 117 cm³/mol. The fourth-order valence-corrected chi connectivity index (χ4v) is 5.43. The van der Waals surface area contributed by atoms with E-state index < -0.39 is 10.0 Å². The van der Waals surface area contributed by atoms with Crippen molar-refractivity contribution in [2.75, 3.05) is 25.0 Å². The van der Waals surface area contributed by atoms with Crippen molar-refractivity contribution in [3.8, 4) is 0 Å². The molecule has 0 aliphatic carbocycles. The maximum Gasteiger partial charge on any atom is 0.243 e. The number of hydrogen-bond acceptors (Lipinski definition) is 4. The summed E-state index contributed by atoms with van der Waals surface area (Å²) in [5.41, 5.74) is 3.38. The lowest BCUT2D eigenvalue weighted by Crippen LogP contribution is -2.30. The summed E-state index contributed by atoms with van der Waals surface area (Å²) < 4.78 is 26.7. The number of ketones is 1. The number of carbonyl (C=O) groups excluding carboxylic acids is 1. The van der Waals surface area contributed by atoms with Crippen LogP contribution in [0.3, 0.4) is 0 Å². The van der Waals surface area contributed by atoms with Crippen LogP contribution in [0.1, 0.15) is 43.6 Å². The van der Waals surface area contributed by atoms with Crippen molar-refractivity contribution < 1.29 is 13.2 Å². The van der Waals surface area contributed by atoms with Crippen LogP contribution < -0.4 is 4.90 Å². The predicted octanol–water partition coefficient (Wildman–Crippen LogP) is 4.21. The highest BCUT2D eigenvalue weighted by molar-refractivity contribution is 7.89. The molecule has 5 nitrogen and oxygen atoms in total. The van der Waals surface area contributed by atoms with E-state index in [9.17, 15) is 13.2 Å². The quantitative estimate of drug-likeness (QED) is 0.527. The van der Waals surface area contributed by atoms with Gasteiger partial charge in [-0.3, -0.25) is 4.79 Å². The van der Waals surface area contributed by atoms with Crippen LogP contribution in [-0.4, -0.2) is 38.6 Å². The molecule has 2 aromatic carbocycles. The number of para-hydroxylation sites is 1. The van der Waals surface area contributed by atoms with E-state index in [4.69, 9.17) is 0 Å². The summed E-state index contributed by atoms with van der Waals surface area (Å²) in [6.45, 7) is 8.65. The van der Waals surface area contributed by atoms with E-state index in [0.717, 1.165) is 11.4 Å². The molecule has 0 N–H and O–H groups in total. The summed E-state index contributed by atoms with van der Waals surface area (Å²) in [7, 11) is -1.57. The Morgan fingerprint density at radius 1 is 1.03 bits per heavy atom. The van der Waals surface area contributed by atoms with Gasteiger partial charge in [0.25, 0.3) is 0 Å². The van der Waals surface area contributed by atoms with Crippen molar-refractivity contribution in [3.05, 3.63) is 71.4 Å². The molecule has 6 heteroatoms. The molecule has 0 atom stereocenters. The fourth-order valence-electron chi connectivity index (χ4n) is 3.97. The minimum absolute atomic E-state index is 0.139. The second-order valence-corrected chi connectivity index (χ2v) is 9.65. The molecule has 0 spiro atoms. The van der Waals surface area contributed by atoms with Crippen molar-refractivity contribution >= 4 is 21.5 Å². The van der Waals surface area contributed by atoms with Crippen molar-refractivity contribution in [2.24, 2.45) is 0 Å². The van der Waals surface area contributed by atoms with E-state index in [1.807, 2.05) is 37.9 Å². The number of sulfonamides is 1. The van der Waals surface area contributed by atoms with Crippen LogP contribution in [0.2, 0.25) is 0 Å². The van der Waals surface area contributed by atoms with Crippen LogP contribution in [0.5, 0.6) is 0 Å². The molecule has 0 saturated heterocycles. The van der Waals surface area contributed by atoms with Gasteiger partial charge >= 0.3 is 0 Å². The summed E-state index contributed by atoms with van der Waals surface area (Å²) in [6.07, 6.45) is 1.66. The molecule has 29 heavy (non-hydrogen) atoms. The lowest BCUT2D eigenvalue weighted by Gasteiger charge is -2.24. The number of allylic oxidation sites excluding steroid dienone is 2. The van der Waals surface area contributed by atoms with E-state index >= 15 is 0 Å². The van der Waals surface area contributed by atoms with E-state index in [1.54, 1.807) is 18.2 Å². The first kappa shape index (κ1) is 21.3. The normalized spacial score (nSPS) is 17.0. The van der Waals surface area contributed by atoms with Crippen LogP contribution in [0.4, 0.5) is 5.69 Å². The highest BCUT2D eigenvalue weighted by Gasteiger charge is 2.38. The summed E-state index contributed by atoms with van der Waals surface area (Å²) in [6, 6.07) is 14.3. The monoisotopic (exact) mass is 412 g/mol. The fraction of sp³-hybridized carbons (Fsp3) is 0.348. The molecular weight excluding hydrogens is 384 g/mol. The largest absolute Gasteiger partial charge is 0.347 e. The molecule has 0 fully saturated rings. The smallest absolute Gasteiger partial charge is 0.243 e. The van der Waals surface area contributed by atoms with Gasteiger partial charge in [-0.1, -0.05) is 45.9 Å². The lowest BCUT2D eigenvalue weighted by molar-refractivity contribution is 0.104. The Morgan fingerprint density at radius 3 is 2.17 bits per heavy atom. The molecule has 3 rings (SSSR count). The molecule has 1 aliphatic heterocycles. The number of likely N-dealkylation sites (N-methyl/N-ethyl adjacent to an activating group) is 1. The van der Waals surface area contributed by atoms with Crippen LogP contribution in [0, 0.1) is 0 Å². The summed E-state index contributed by atoms with van der Waals surface area (Å²) in [5, 5.41) is 0. The number of benzene rings is 2. The van der Waals surface area contributed by atoms with Crippen LogP contribution in [0.15, 0.2) is 65.2 Å². The SMILES string of the molecule is CCN(CC)S(=O)(=O)c1ccc(C(=O)C=C2N(C)c3ccccc3C2(C)C)cc1. The van der Waals surface area contributed by atoms with Gasteiger partial charge in [-0.15, -0.1) is 0 Å². The van der Waals surface area contributed by atoms with Gasteiger partial charge in [0, 0.05) is 48.6 Å². The number of nitrogens with zero attached hydrogens (tertiary/aromatic N) is 2. The van der Waals surface area contributed by atoms with Gasteiger partial charge < -0.3 is 4.90 Å². The third-order valence-electron chi connectivity index (χ3n) is 5.69. The van der Waals surface area contributed by atoms with Gasteiger partial charge in [0.15, 0.2) is 5.78 Å². The minimum atomic E-state index is -3.53. The molecule has 0 bridgehead atoms. The van der Waals surface area contributed by atoms with Gasteiger partial charge in [-0.2, -0.15) is 4.31 Å². The molecule has 0 amide bonds. The zero-order chi connectivity index (χ0) is 21.4. The second kappa shape index (κ2) is 7.76. The first-order valence-electron chi connectivity index (χ1n) is 9.84. The standard InChI is InChI=1S/C23H28N2O3S/c1-6-25(7-2)29(27,28)18-14-12-17(13-15-18)21(26)16-22-23(3,4)19-10-8-9-11-20(19)24(22)5/h8-16H,6-7H2,1-5H3. The Bertz CT molecular complexity index is 1050. The zero-order valence-electron chi connectivity index (χ0n) is 17.6. The number of rotatable bonds is 6. The van der Waals surface area contributed by atoms with E-state index in [2.05, 4.69) is 26.0 Å². The van der Waals surface area contributed by atoms with Crippen molar-refractivity contribution in [1.82, 2.24) is 4.31 Å². The number of fused-ring (bicyclic) bond motifs is 1. The van der Waals surface area contributed by atoms with E-state index in [0.29, 0.717) is 18.7 Å². The first-order chi connectivity index (χ1) is 13.6. The third-order valence-corrected chi connectivity index (χ3v) is 7.75. The lowest BCUT2D eigenvalue weighted by atomic mass is 9.83. The summed E-state index contributed by atoms with van der Waals surface area (Å²) in [5.74, 6) is -0.139. The number of hydrogen-bond donors (Lipinski definition) is 0. The molecule has 154 valence electrons. The maximum atomic E-state index is 12.9. The molecule has 0 radical (unpaired) electrons. The molecule has 0 unspecified atom stereocenters. The average Bonchev–Trinajstić information content (AvgIpc) is 2.90. The highest BCUT2D eigenvalue weighted by atomic mass is 32.2. The van der Waals surface area contributed by atoms with Crippen LogP contribution in [0.25, 0.3) is 0 Å². The van der Waals surface area contributed by atoms with Crippen molar-refractivity contribution in [3.63, 3.8) is 0 Å². The minimum Gasteiger partial charge on any atom is -0.347 e. The molecular formula is C23H28N2O3S. The van der Waals surface area contributed by atoms with Gasteiger partial charge in [-0.25, -0.2) is 8.42 Å². The van der Waals surface area contributed by atoms with Crippen LogP contribution in [-0.2, 0) is 15.4 Å². The van der Waals surface area contributed by atoms with Crippen molar-refractivity contribution in [2.45, 2.75) is 38.0 Å². The number of anilines is 1. The molecule has 1 heterocycles.